The molecule has 0 amide bonds. The van der Waals surface area contributed by atoms with Crippen LogP contribution in [0.15, 0.2) is 16.6 Å². The Morgan fingerprint density at radius 1 is 1.33 bits per heavy atom. The Balaban J connectivity index is 2.46. The van der Waals surface area contributed by atoms with Crippen molar-refractivity contribution in [2.45, 2.75) is 13.5 Å². The summed E-state index contributed by atoms with van der Waals surface area (Å²) in [7, 11) is 0. The minimum Gasteiger partial charge on any atom is -0.310 e. The van der Waals surface area contributed by atoms with Crippen molar-refractivity contribution in [3.63, 3.8) is 0 Å². The highest BCUT2D eigenvalue weighted by Crippen LogP contribution is 2.22. The van der Waals surface area contributed by atoms with Crippen LogP contribution < -0.4 is 5.32 Å². The molecule has 1 heterocycles. The largest absolute Gasteiger partial charge is 0.310 e. The van der Waals surface area contributed by atoms with E-state index in [2.05, 4.69) is 36.8 Å². The fourth-order valence-corrected chi connectivity index (χ4v) is 1.87. The summed E-state index contributed by atoms with van der Waals surface area (Å²) in [5, 5.41) is 13.8. The van der Waals surface area contributed by atoms with Crippen molar-refractivity contribution < 1.29 is 8.78 Å². The van der Waals surface area contributed by atoms with E-state index < -0.39 is 11.6 Å². The van der Waals surface area contributed by atoms with Gasteiger partial charge in [-0.05, 0) is 29.1 Å². The molecule has 0 fully saturated rings. The van der Waals surface area contributed by atoms with E-state index in [1.807, 2.05) is 6.92 Å². The van der Waals surface area contributed by atoms with Crippen molar-refractivity contribution >= 4 is 15.9 Å². The van der Waals surface area contributed by atoms with Gasteiger partial charge in [0.2, 0.25) is 0 Å². The number of benzene rings is 1. The molecule has 0 saturated carbocycles. The molecule has 18 heavy (non-hydrogen) atoms. The summed E-state index contributed by atoms with van der Waals surface area (Å²) in [6.07, 6.45) is 0. The number of tetrazole rings is 1. The Labute approximate surface area is 110 Å². The molecule has 1 N–H and O–H groups in total. The van der Waals surface area contributed by atoms with Gasteiger partial charge in [-0.15, -0.1) is 5.10 Å². The van der Waals surface area contributed by atoms with Crippen LogP contribution in [0, 0.1) is 11.6 Å². The molecule has 1 aromatic carbocycles. The predicted molar refractivity (Wildman–Crippen MR) is 64.2 cm³/mol. The van der Waals surface area contributed by atoms with Crippen LogP contribution in [0.4, 0.5) is 8.78 Å². The highest BCUT2D eigenvalue weighted by Gasteiger charge is 2.17. The van der Waals surface area contributed by atoms with Crippen molar-refractivity contribution in [1.29, 1.82) is 0 Å². The Morgan fingerprint density at radius 2 is 2.00 bits per heavy atom. The molecule has 0 radical (unpaired) electrons. The summed E-state index contributed by atoms with van der Waals surface area (Å²) in [6.45, 7) is 2.95. The van der Waals surface area contributed by atoms with Crippen LogP contribution in [-0.4, -0.2) is 26.8 Å². The van der Waals surface area contributed by atoms with E-state index in [9.17, 15) is 8.78 Å². The summed E-state index contributed by atoms with van der Waals surface area (Å²) < 4.78 is 28.9. The first-order valence-corrected chi connectivity index (χ1v) is 6.05. The summed E-state index contributed by atoms with van der Waals surface area (Å²) in [4.78, 5) is 0. The molecule has 1 aromatic heterocycles. The van der Waals surface area contributed by atoms with Gasteiger partial charge in [-0.3, -0.25) is 0 Å². The van der Waals surface area contributed by atoms with Crippen molar-refractivity contribution in [3.8, 4) is 5.69 Å². The molecule has 96 valence electrons. The fourth-order valence-electron chi connectivity index (χ4n) is 1.46. The van der Waals surface area contributed by atoms with E-state index in [1.54, 1.807) is 0 Å². The average molecular weight is 318 g/mol. The Bertz CT molecular complexity index is 534. The van der Waals surface area contributed by atoms with Crippen molar-refractivity contribution in [2.24, 2.45) is 0 Å². The van der Waals surface area contributed by atoms with E-state index in [4.69, 9.17) is 0 Å². The van der Waals surface area contributed by atoms with Gasteiger partial charge in [0.25, 0.3) is 0 Å². The van der Waals surface area contributed by atoms with Gasteiger partial charge in [0, 0.05) is 4.47 Å². The van der Waals surface area contributed by atoms with E-state index >= 15 is 0 Å². The second-order valence-electron chi connectivity index (χ2n) is 3.51. The highest BCUT2D eigenvalue weighted by molar-refractivity contribution is 9.10. The van der Waals surface area contributed by atoms with Crippen LogP contribution >= 0.6 is 15.9 Å². The molecule has 8 heteroatoms. The summed E-state index contributed by atoms with van der Waals surface area (Å²) >= 11 is 3.02. The van der Waals surface area contributed by atoms with E-state index in [-0.39, 0.29) is 5.69 Å². The number of hydrogen-bond acceptors (Lipinski definition) is 4. The zero-order chi connectivity index (χ0) is 13.1. The lowest BCUT2D eigenvalue weighted by Crippen LogP contribution is -2.17. The molecule has 0 unspecified atom stereocenters. The van der Waals surface area contributed by atoms with Gasteiger partial charge in [0.1, 0.15) is 5.69 Å². The van der Waals surface area contributed by atoms with Crippen LogP contribution in [0.5, 0.6) is 0 Å². The van der Waals surface area contributed by atoms with Gasteiger partial charge in [-0.1, -0.05) is 22.9 Å². The maximum Gasteiger partial charge on any atom is 0.170 e. The smallest absolute Gasteiger partial charge is 0.170 e. The highest BCUT2D eigenvalue weighted by atomic mass is 79.9. The van der Waals surface area contributed by atoms with E-state index in [0.29, 0.717) is 23.4 Å². The molecule has 0 aliphatic rings. The molecule has 0 spiro atoms. The number of nitrogens with one attached hydrogen (secondary N) is 1. The second kappa shape index (κ2) is 5.49. The standard InChI is InChI=1S/C10H10BrF2N5/c1-2-14-5-9-15-16-17-18(9)10-7(12)3-6(11)4-8(10)13/h3-4,14H,2,5H2,1H3. The maximum absolute atomic E-state index is 13.8. The second-order valence-corrected chi connectivity index (χ2v) is 4.42. The van der Waals surface area contributed by atoms with Gasteiger partial charge in [0.05, 0.1) is 6.54 Å². The van der Waals surface area contributed by atoms with Crippen molar-refractivity contribution in [1.82, 2.24) is 25.5 Å². The maximum atomic E-state index is 13.8. The zero-order valence-corrected chi connectivity index (χ0v) is 11.1. The number of nitrogens with zero attached hydrogens (tertiary/aromatic N) is 4. The van der Waals surface area contributed by atoms with Gasteiger partial charge >= 0.3 is 0 Å². The lowest BCUT2D eigenvalue weighted by molar-refractivity contribution is 0.546. The summed E-state index contributed by atoms with van der Waals surface area (Å²) in [5.41, 5.74) is -0.281. The van der Waals surface area contributed by atoms with E-state index in [0.717, 1.165) is 16.8 Å². The minimum absolute atomic E-state index is 0.281. The zero-order valence-electron chi connectivity index (χ0n) is 9.49. The Hall–Kier alpha value is -1.41. The number of aromatic nitrogens is 4. The number of rotatable bonds is 4. The third-order valence-electron chi connectivity index (χ3n) is 2.26. The van der Waals surface area contributed by atoms with Crippen molar-refractivity contribution in [2.75, 3.05) is 6.54 Å². The van der Waals surface area contributed by atoms with Crippen LogP contribution in [-0.2, 0) is 6.54 Å². The molecule has 0 bridgehead atoms. The van der Waals surface area contributed by atoms with Crippen LogP contribution in [0.25, 0.3) is 5.69 Å². The quantitative estimate of drug-likeness (QED) is 0.934. The third-order valence-corrected chi connectivity index (χ3v) is 2.72. The first-order chi connectivity index (χ1) is 8.63. The molecule has 5 nitrogen and oxygen atoms in total. The van der Waals surface area contributed by atoms with Crippen molar-refractivity contribution in [3.05, 3.63) is 34.1 Å². The molecule has 2 aromatic rings. The minimum atomic E-state index is -0.730. The third kappa shape index (κ3) is 2.54. The molecule has 0 atom stereocenters. The molecular formula is C10H10BrF2N5. The topological polar surface area (TPSA) is 55.6 Å². The van der Waals surface area contributed by atoms with Gasteiger partial charge < -0.3 is 5.32 Å². The Morgan fingerprint density at radius 3 is 2.61 bits per heavy atom. The predicted octanol–water partition coefficient (Wildman–Crippen LogP) is 1.81. The number of halogens is 3. The lowest BCUT2D eigenvalue weighted by Gasteiger charge is -2.07. The normalized spacial score (nSPS) is 10.9. The lowest BCUT2D eigenvalue weighted by atomic mass is 10.3. The van der Waals surface area contributed by atoms with Gasteiger partial charge in [-0.2, -0.15) is 4.68 Å². The average Bonchev–Trinajstić information content (AvgIpc) is 2.73. The van der Waals surface area contributed by atoms with Crippen LogP contribution in [0.1, 0.15) is 12.7 Å². The summed E-state index contributed by atoms with van der Waals surface area (Å²) in [6, 6.07) is 2.33. The first kappa shape index (κ1) is 13.0. The molecule has 0 saturated heterocycles. The SMILES string of the molecule is CCNCc1nnnn1-c1c(F)cc(Br)cc1F. The fraction of sp³-hybridized carbons (Fsp3) is 0.300. The first-order valence-electron chi connectivity index (χ1n) is 5.26. The molecule has 0 aliphatic carbocycles. The number of hydrogen-bond donors (Lipinski definition) is 1. The summed E-state index contributed by atoms with van der Waals surface area (Å²) in [5.74, 6) is -1.11. The molecular weight excluding hydrogens is 308 g/mol. The molecule has 2 rings (SSSR count). The van der Waals surface area contributed by atoms with Gasteiger partial charge in [0.15, 0.2) is 17.5 Å². The van der Waals surface area contributed by atoms with Crippen LogP contribution in [0.3, 0.4) is 0 Å². The van der Waals surface area contributed by atoms with Crippen LogP contribution in [0.2, 0.25) is 0 Å². The van der Waals surface area contributed by atoms with E-state index in [1.165, 1.54) is 0 Å². The monoisotopic (exact) mass is 317 g/mol. The molecule has 0 aliphatic heterocycles. The Kier molecular flexibility index (Phi) is 3.97. The van der Waals surface area contributed by atoms with Gasteiger partial charge in [-0.25, -0.2) is 8.78 Å².